The van der Waals surface area contributed by atoms with Gasteiger partial charge in [-0.3, -0.25) is 4.99 Å². The summed E-state index contributed by atoms with van der Waals surface area (Å²) in [5.74, 6) is 0. The summed E-state index contributed by atoms with van der Waals surface area (Å²) in [5.41, 5.74) is 7.13. The minimum atomic E-state index is 0.657. The Morgan fingerprint density at radius 1 is 1.58 bits per heavy atom. The van der Waals surface area contributed by atoms with Crippen LogP contribution in [0.25, 0.3) is 0 Å². The van der Waals surface area contributed by atoms with Crippen LogP contribution in [0.5, 0.6) is 0 Å². The summed E-state index contributed by atoms with van der Waals surface area (Å²) < 4.78 is 0. The number of allylic oxidation sites excluding steroid dienone is 4. The SMILES string of the molecule is C=NC(=C\CC)/C(N)=C/C=C\C. The third kappa shape index (κ3) is 3.76. The molecule has 0 amide bonds. The van der Waals surface area contributed by atoms with Crippen molar-refractivity contribution >= 4 is 6.72 Å². The van der Waals surface area contributed by atoms with E-state index in [-0.39, 0.29) is 0 Å². The van der Waals surface area contributed by atoms with Gasteiger partial charge >= 0.3 is 0 Å². The summed E-state index contributed by atoms with van der Waals surface area (Å²) in [6.07, 6.45) is 8.47. The van der Waals surface area contributed by atoms with Gasteiger partial charge in [0.15, 0.2) is 0 Å². The van der Waals surface area contributed by atoms with E-state index >= 15 is 0 Å². The van der Waals surface area contributed by atoms with Gasteiger partial charge in [-0.2, -0.15) is 0 Å². The lowest BCUT2D eigenvalue weighted by Crippen LogP contribution is -1.98. The van der Waals surface area contributed by atoms with E-state index in [2.05, 4.69) is 11.7 Å². The maximum absolute atomic E-state index is 5.71. The summed E-state index contributed by atoms with van der Waals surface area (Å²) >= 11 is 0. The molecule has 0 aromatic rings. The van der Waals surface area contributed by atoms with Gasteiger partial charge in [-0.15, -0.1) is 0 Å². The molecule has 66 valence electrons. The lowest BCUT2D eigenvalue weighted by atomic mass is 10.2. The number of hydrogen-bond donors (Lipinski definition) is 1. The van der Waals surface area contributed by atoms with Crippen LogP contribution in [0.3, 0.4) is 0 Å². The standard InChI is InChI=1S/C10H16N2/c1-4-6-8-9(11)10(12-3)7-5-2/h4,6-8H,3,5,11H2,1-2H3/b6-4-,9-8-,10-7-. The smallest absolute Gasteiger partial charge is 0.0811 e. The predicted octanol–water partition coefficient (Wildman–Crippen LogP) is 2.40. The van der Waals surface area contributed by atoms with Crippen LogP contribution in [0.15, 0.2) is 40.7 Å². The molecule has 0 saturated carbocycles. The second-order valence-corrected chi connectivity index (χ2v) is 2.30. The van der Waals surface area contributed by atoms with Crippen LogP contribution in [0.4, 0.5) is 0 Å². The maximum Gasteiger partial charge on any atom is 0.0811 e. The van der Waals surface area contributed by atoms with Crippen LogP contribution in [0.1, 0.15) is 20.3 Å². The highest BCUT2D eigenvalue weighted by molar-refractivity contribution is 5.38. The molecule has 0 aromatic carbocycles. The molecule has 0 radical (unpaired) electrons. The van der Waals surface area contributed by atoms with E-state index < -0.39 is 0 Å². The number of rotatable bonds is 4. The Hall–Kier alpha value is -1.31. The highest BCUT2D eigenvalue weighted by atomic mass is 14.8. The Labute approximate surface area is 74.2 Å². The first-order chi connectivity index (χ1) is 5.76. The van der Waals surface area contributed by atoms with Crippen molar-refractivity contribution in [2.24, 2.45) is 10.7 Å². The molecule has 2 nitrogen and oxygen atoms in total. The van der Waals surface area contributed by atoms with Gasteiger partial charge in [0.1, 0.15) is 0 Å². The first kappa shape index (κ1) is 10.7. The molecule has 0 spiro atoms. The van der Waals surface area contributed by atoms with Crippen LogP contribution in [0.2, 0.25) is 0 Å². The first-order valence-corrected chi connectivity index (χ1v) is 4.02. The number of nitrogens with zero attached hydrogens (tertiary/aromatic N) is 1. The van der Waals surface area contributed by atoms with Crippen LogP contribution >= 0.6 is 0 Å². The third-order valence-corrected chi connectivity index (χ3v) is 1.33. The zero-order valence-corrected chi connectivity index (χ0v) is 7.75. The summed E-state index contributed by atoms with van der Waals surface area (Å²) in [4.78, 5) is 3.81. The molecule has 0 aliphatic carbocycles. The summed E-state index contributed by atoms with van der Waals surface area (Å²) in [5, 5.41) is 0. The average Bonchev–Trinajstić information content (AvgIpc) is 2.10. The van der Waals surface area contributed by atoms with Crippen molar-refractivity contribution in [2.45, 2.75) is 20.3 Å². The van der Waals surface area contributed by atoms with Crippen molar-refractivity contribution in [1.82, 2.24) is 0 Å². The molecule has 12 heavy (non-hydrogen) atoms. The Kier molecular flexibility index (Phi) is 5.70. The van der Waals surface area contributed by atoms with E-state index in [1.165, 1.54) is 0 Å². The van der Waals surface area contributed by atoms with E-state index in [1.807, 2.05) is 38.2 Å². The fourth-order valence-corrected chi connectivity index (χ4v) is 0.752. The molecule has 0 heterocycles. The topological polar surface area (TPSA) is 38.4 Å². The van der Waals surface area contributed by atoms with E-state index in [9.17, 15) is 0 Å². The molecule has 0 aromatic heterocycles. The fourth-order valence-electron chi connectivity index (χ4n) is 0.752. The molecule has 0 rings (SSSR count). The lowest BCUT2D eigenvalue weighted by Gasteiger charge is -1.98. The minimum absolute atomic E-state index is 0.657. The minimum Gasteiger partial charge on any atom is -0.397 e. The van der Waals surface area contributed by atoms with Gasteiger partial charge in [-0.1, -0.05) is 25.2 Å². The molecule has 0 bridgehead atoms. The lowest BCUT2D eigenvalue weighted by molar-refractivity contribution is 1.15. The molecule has 0 aliphatic rings. The van der Waals surface area contributed by atoms with Gasteiger partial charge in [-0.05, 0) is 26.1 Å². The van der Waals surface area contributed by atoms with Gasteiger partial charge in [0, 0.05) is 0 Å². The van der Waals surface area contributed by atoms with Crippen LogP contribution in [-0.4, -0.2) is 6.72 Å². The highest BCUT2D eigenvalue weighted by Crippen LogP contribution is 2.05. The Bertz CT molecular complexity index is 222. The Morgan fingerprint density at radius 2 is 2.25 bits per heavy atom. The van der Waals surface area contributed by atoms with Crippen molar-refractivity contribution in [2.75, 3.05) is 0 Å². The van der Waals surface area contributed by atoms with Gasteiger partial charge in [0.05, 0.1) is 11.4 Å². The summed E-state index contributed by atoms with van der Waals surface area (Å²) in [6.45, 7) is 7.42. The van der Waals surface area contributed by atoms with Crippen molar-refractivity contribution < 1.29 is 0 Å². The Morgan fingerprint density at radius 3 is 2.67 bits per heavy atom. The van der Waals surface area contributed by atoms with Gasteiger partial charge in [0.25, 0.3) is 0 Å². The van der Waals surface area contributed by atoms with Crippen molar-refractivity contribution in [3.05, 3.63) is 35.7 Å². The molecule has 0 saturated heterocycles. The van der Waals surface area contributed by atoms with E-state index in [0.29, 0.717) is 5.70 Å². The highest BCUT2D eigenvalue weighted by Gasteiger charge is 1.93. The molecule has 0 fully saturated rings. The van der Waals surface area contributed by atoms with E-state index in [1.54, 1.807) is 0 Å². The predicted molar refractivity (Wildman–Crippen MR) is 55.0 cm³/mol. The van der Waals surface area contributed by atoms with Crippen LogP contribution < -0.4 is 5.73 Å². The van der Waals surface area contributed by atoms with E-state index in [4.69, 9.17) is 5.73 Å². The number of aliphatic imine (C=N–C) groups is 1. The van der Waals surface area contributed by atoms with Crippen LogP contribution in [0, 0.1) is 0 Å². The monoisotopic (exact) mass is 164 g/mol. The maximum atomic E-state index is 5.71. The average molecular weight is 164 g/mol. The number of nitrogens with two attached hydrogens (primary N) is 1. The molecular formula is C10H16N2. The quantitative estimate of drug-likeness (QED) is 0.503. The molecule has 2 heteroatoms. The summed E-state index contributed by atoms with van der Waals surface area (Å²) in [7, 11) is 0. The Balaban J connectivity index is 4.51. The van der Waals surface area contributed by atoms with E-state index in [0.717, 1.165) is 12.1 Å². The second kappa shape index (κ2) is 6.40. The molecular weight excluding hydrogens is 148 g/mol. The molecule has 0 unspecified atom stereocenters. The molecule has 2 N–H and O–H groups in total. The second-order valence-electron chi connectivity index (χ2n) is 2.30. The van der Waals surface area contributed by atoms with Gasteiger partial charge in [-0.25, -0.2) is 0 Å². The normalized spacial score (nSPS) is 13.8. The fraction of sp³-hybridized carbons (Fsp3) is 0.300. The largest absolute Gasteiger partial charge is 0.397 e. The van der Waals surface area contributed by atoms with Gasteiger partial charge in [0.2, 0.25) is 0 Å². The molecule has 0 atom stereocenters. The third-order valence-electron chi connectivity index (χ3n) is 1.33. The van der Waals surface area contributed by atoms with Crippen LogP contribution in [-0.2, 0) is 0 Å². The summed E-state index contributed by atoms with van der Waals surface area (Å²) in [6, 6.07) is 0. The van der Waals surface area contributed by atoms with Crippen molar-refractivity contribution in [1.29, 1.82) is 0 Å². The van der Waals surface area contributed by atoms with Gasteiger partial charge < -0.3 is 5.73 Å². The van der Waals surface area contributed by atoms with Crippen molar-refractivity contribution in [3.8, 4) is 0 Å². The van der Waals surface area contributed by atoms with Crippen molar-refractivity contribution in [3.63, 3.8) is 0 Å². The first-order valence-electron chi connectivity index (χ1n) is 4.02. The zero-order valence-electron chi connectivity index (χ0n) is 7.75. The molecule has 0 aliphatic heterocycles. The number of hydrogen-bond acceptors (Lipinski definition) is 2. The zero-order chi connectivity index (χ0) is 9.40.